The SMILES string of the molecule is CC(C)(C)OC(=O)N[C@@H](Cc1ccccc1)C(=O)CCC1(O)C2CC[C@H]1CC(S(=O)(=O)c1cc(C(=O)Nc3cc(F)c(F)c(F)c3)ccc1Cl)C2. The molecular weight excluding hydrogens is 709 g/mol. The van der Waals surface area contributed by atoms with Crippen molar-refractivity contribution in [2.75, 3.05) is 5.32 Å². The van der Waals surface area contributed by atoms with Crippen LogP contribution in [0.2, 0.25) is 5.02 Å². The summed E-state index contributed by atoms with van der Waals surface area (Å²) >= 11 is 6.33. The van der Waals surface area contributed by atoms with Crippen molar-refractivity contribution in [2.24, 2.45) is 11.8 Å². The Kier molecular flexibility index (Phi) is 11.2. The van der Waals surface area contributed by atoms with Gasteiger partial charge in [-0.25, -0.2) is 26.4 Å². The van der Waals surface area contributed by atoms with Gasteiger partial charge in [0.25, 0.3) is 5.91 Å². The molecule has 0 aromatic heterocycles. The number of halogens is 4. The fourth-order valence-electron chi connectivity index (χ4n) is 7.19. The molecule has 2 aliphatic rings. The molecule has 2 fully saturated rings. The van der Waals surface area contributed by atoms with Gasteiger partial charge in [-0.3, -0.25) is 9.59 Å². The summed E-state index contributed by atoms with van der Waals surface area (Å²) in [6.07, 6.45) is 0.787. The van der Waals surface area contributed by atoms with E-state index >= 15 is 0 Å². The molecule has 3 N–H and O–H groups in total. The molecule has 274 valence electrons. The third-order valence-electron chi connectivity index (χ3n) is 9.69. The summed E-state index contributed by atoms with van der Waals surface area (Å²) in [5.41, 5.74) is -1.79. The number of ketones is 1. The van der Waals surface area contributed by atoms with Gasteiger partial charge in [-0.1, -0.05) is 41.9 Å². The Hall–Kier alpha value is -3.94. The van der Waals surface area contributed by atoms with Crippen LogP contribution in [0.15, 0.2) is 65.6 Å². The van der Waals surface area contributed by atoms with Crippen molar-refractivity contribution in [3.05, 3.63) is 94.3 Å². The zero-order valence-corrected chi connectivity index (χ0v) is 29.9. The van der Waals surface area contributed by atoms with Crippen molar-refractivity contribution in [1.29, 1.82) is 0 Å². The number of nitrogens with one attached hydrogen (secondary N) is 2. The van der Waals surface area contributed by atoms with Crippen LogP contribution < -0.4 is 10.6 Å². The highest BCUT2D eigenvalue weighted by atomic mass is 35.5. The fraction of sp³-hybridized carbons (Fsp3) is 0.432. The van der Waals surface area contributed by atoms with Gasteiger partial charge in [-0.2, -0.15) is 0 Å². The molecule has 2 bridgehead atoms. The monoisotopic (exact) mass is 748 g/mol. The largest absolute Gasteiger partial charge is 0.444 e. The summed E-state index contributed by atoms with van der Waals surface area (Å²) in [7, 11) is -4.15. The van der Waals surface area contributed by atoms with Crippen LogP contribution in [-0.2, 0) is 25.8 Å². The van der Waals surface area contributed by atoms with Crippen LogP contribution >= 0.6 is 11.6 Å². The predicted octanol–water partition coefficient (Wildman–Crippen LogP) is 7.19. The number of Topliss-reactive ketones (excluding diaryl/α,β-unsaturated/α-hetero) is 1. The third kappa shape index (κ3) is 8.75. The van der Waals surface area contributed by atoms with E-state index in [1.807, 2.05) is 30.3 Å². The summed E-state index contributed by atoms with van der Waals surface area (Å²) in [5, 5.41) is 15.8. The Morgan fingerprint density at radius 3 is 2.18 bits per heavy atom. The van der Waals surface area contributed by atoms with E-state index in [1.165, 1.54) is 12.1 Å². The van der Waals surface area contributed by atoms with Gasteiger partial charge in [0.15, 0.2) is 33.1 Å². The number of benzene rings is 3. The number of aliphatic hydroxyl groups is 1. The number of carbonyl (C=O) groups is 3. The smallest absolute Gasteiger partial charge is 0.408 e. The Morgan fingerprint density at radius 1 is 0.980 bits per heavy atom. The van der Waals surface area contributed by atoms with E-state index in [4.69, 9.17) is 16.3 Å². The van der Waals surface area contributed by atoms with Crippen molar-refractivity contribution in [2.45, 2.75) is 93.1 Å². The first-order valence-electron chi connectivity index (χ1n) is 16.6. The van der Waals surface area contributed by atoms with Crippen LogP contribution in [0.1, 0.15) is 75.2 Å². The first-order valence-corrected chi connectivity index (χ1v) is 18.6. The second kappa shape index (κ2) is 15.0. The molecule has 51 heavy (non-hydrogen) atoms. The van der Waals surface area contributed by atoms with Crippen LogP contribution in [0.25, 0.3) is 0 Å². The van der Waals surface area contributed by atoms with Crippen LogP contribution in [-0.4, -0.2) is 53.8 Å². The molecule has 5 atom stereocenters. The highest BCUT2D eigenvalue weighted by Gasteiger charge is 2.55. The summed E-state index contributed by atoms with van der Waals surface area (Å²) in [6.45, 7) is 5.14. The minimum absolute atomic E-state index is 0.0565. The van der Waals surface area contributed by atoms with Crippen molar-refractivity contribution in [1.82, 2.24) is 5.32 Å². The number of fused-ring (bicyclic) bond motifs is 2. The van der Waals surface area contributed by atoms with Gasteiger partial charge in [-0.15, -0.1) is 0 Å². The fourth-order valence-corrected chi connectivity index (χ4v) is 9.59. The Labute approximate surface area is 299 Å². The molecule has 5 rings (SSSR count). The molecule has 9 nitrogen and oxygen atoms in total. The predicted molar refractivity (Wildman–Crippen MR) is 185 cm³/mol. The average Bonchev–Trinajstić information content (AvgIpc) is 3.20. The van der Waals surface area contributed by atoms with E-state index in [-0.39, 0.29) is 59.1 Å². The van der Waals surface area contributed by atoms with Gasteiger partial charge in [0.05, 0.1) is 26.8 Å². The van der Waals surface area contributed by atoms with E-state index in [0.29, 0.717) is 25.0 Å². The number of hydrogen-bond acceptors (Lipinski definition) is 7. The van der Waals surface area contributed by atoms with Gasteiger partial charge >= 0.3 is 6.09 Å². The highest BCUT2D eigenvalue weighted by molar-refractivity contribution is 7.92. The highest BCUT2D eigenvalue weighted by Crippen LogP contribution is 2.54. The minimum Gasteiger partial charge on any atom is -0.444 e. The first-order chi connectivity index (χ1) is 23.9. The molecular formula is C37H40ClF3N2O7S. The second-order valence-corrected chi connectivity index (χ2v) is 16.9. The number of ether oxygens (including phenoxy) is 1. The van der Waals surface area contributed by atoms with Crippen LogP contribution in [0.4, 0.5) is 23.7 Å². The lowest BCUT2D eigenvalue weighted by molar-refractivity contribution is -0.124. The molecule has 3 aromatic carbocycles. The van der Waals surface area contributed by atoms with Crippen LogP contribution in [0, 0.1) is 29.3 Å². The van der Waals surface area contributed by atoms with E-state index in [9.17, 15) is 41.1 Å². The normalized spacial score (nSPS) is 22.2. The van der Waals surface area contributed by atoms with Gasteiger partial charge in [0.1, 0.15) is 5.60 Å². The molecule has 3 unspecified atom stereocenters. The Bertz CT molecular complexity index is 1880. The van der Waals surface area contributed by atoms with Crippen molar-refractivity contribution < 1.29 is 45.8 Å². The lowest BCUT2D eigenvalue weighted by Gasteiger charge is -2.42. The molecule has 2 saturated carbocycles. The number of alkyl carbamates (subject to hydrolysis) is 1. The molecule has 0 saturated heterocycles. The maximum Gasteiger partial charge on any atom is 0.408 e. The molecule has 3 aromatic rings. The topological polar surface area (TPSA) is 139 Å². The van der Waals surface area contributed by atoms with Gasteiger partial charge in [0.2, 0.25) is 0 Å². The van der Waals surface area contributed by atoms with E-state index in [1.54, 1.807) is 20.8 Å². The van der Waals surface area contributed by atoms with E-state index in [2.05, 4.69) is 10.6 Å². The van der Waals surface area contributed by atoms with E-state index in [0.717, 1.165) is 11.6 Å². The lowest BCUT2D eigenvalue weighted by Crippen LogP contribution is -2.49. The number of rotatable bonds is 11. The minimum atomic E-state index is -4.15. The van der Waals surface area contributed by atoms with Crippen LogP contribution in [0.3, 0.4) is 0 Å². The molecule has 0 heterocycles. The standard InChI is InChI=1S/C37H40ClF3N2O7S/c1-36(2,3)50-35(46)43-30(15-21-7-5-4-6-8-21)31(44)13-14-37(47)23-10-11-24(37)18-26(17-23)51(48,49)32-16-22(9-12-27(32)38)34(45)42-25-19-28(39)33(41)29(40)20-25/h4-9,12,16,19-20,23-24,26,30,47H,10-11,13-15,17-18H2,1-3H3,(H,42,45)(H,43,46)/t23-,24?,26?,30-,37?/m0/s1. The number of hydrogen-bond donors (Lipinski definition) is 3. The van der Waals surface area contributed by atoms with Crippen molar-refractivity contribution >= 4 is 44.9 Å². The zero-order chi connectivity index (χ0) is 37.3. The Morgan fingerprint density at radius 2 is 1.59 bits per heavy atom. The maximum absolute atomic E-state index is 14.0. The molecule has 0 aliphatic heterocycles. The van der Waals surface area contributed by atoms with E-state index < -0.39 is 73.6 Å². The summed E-state index contributed by atoms with van der Waals surface area (Å²) in [4.78, 5) is 38.8. The van der Waals surface area contributed by atoms with Gasteiger partial charge in [0, 0.05) is 29.8 Å². The second-order valence-electron chi connectivity index (χ2n) is 14.3. The molecule has 2 amide bonds. The van der Waals surface area contributed by atoms with Gasteiger partial charge < -0.3 is 20.5 Å². The molecule has 14 heteroatoms. The third-order valence-corrected chi connectivity index (χ3v) is 12.3. The lowest BCUT2D eigenvalue weighted by atomic mass is 9.71. The van der Waals surface area contributed by atoms with Crippen molar-refractivity contribution in [3.63, 3.8) is 0 Å². The van der Waals surface area contributed by atoms with Crippen molar-refractivity contribution in [3.8, 4) is 0 Å². The molecule has 2 aliphatic carbocycles. The quantitative estimate of drug-likeness (QED) is 0.177. The number of anilines is 1. The first kappa shape index (κ1) is 38.3. The zero-order valence-electron chi connectivity index (χ0n) is 28.3. The van der Waals surface area contributed by atoms with Gasteiger partial charge in [-0.05, 0) is 94.9 Å². The number of sulfone groups is 1. The van der Waals surface area contributed by atoms with Crippen LogP contribution in [0.5, 0.6) is 0 Å². The summed E-state index contributed by atoms with van der Waals surface area (Å²) in [5.74, 6) is -6.79. The summed E-state index contributed by atoms with van der Waals surface area (Å²) < 4.78 is 74.1. The Balaban J connectivity index is 1.28. The maximum atomic E-state index is 14.0. The number of amides is 2. The summed E-state index contributed by atoms with van der Waals surface area (Å²) in [6, 6.07) is 13.0. The number of carbonyl (C=O) groups excluding carboxylic acids is 3. The molecule has 0 radical (unpaired) electrons. The average molecular weight is 749 g/mol. The molecule has 0 spiro atoms.